The predicted octanol–water partition coefficient (Wildman–Crippen LogP) is 1.35. The first kappa shape index (κ1) is 11.4. The van der Waals surface area contributed by atoms with E-state index in [2.05, 4.69) is 10.1 Å². The molecule has 18 heavy (non-hydrogen) atoms. The lowest BCUT2D eigenvalue weighted by atomic mass is 9.86. The van der Waals surface area contributed by atoms with E-state index < -0.39 is 0 Å². The second-order valence-corrected chi connectivity index (χ2v) is 4.83. The summed E-state index contributed by atoms with van der Waals surface area (Å²) in [4.78, 5) is 4.45. The first-order valence-electron chi connectivity index (χ1n) is 5.93. The summed E-state index contributed by atoms with van der Waals surface area (Å²) in [6.07, 6.45) is 0. The van der Waals surface area contributed by atoms with Crippen LogP contribution < -0.4 is 5.73 Å². The molecule has 1 aromatic heterocycles. The molecule has 0 spiro atoms. The normalized spacial score (nSPS) is 27.6. The predicted molar refractivity (Wildman–Crippen MR) is 65.9 cm³/mol. The summed E-state index contributed by atoms with van der Waals surface area (Å²) in [5, 5.41) is 4.01. The zero-order valence-corrected chi connectivity index (χ0v) is 10.2. The highest BCUT2D eigenvalue weighted by molar-refractivity contribution is 5.53. The molecule has 94 valence electrons. The van der Waals surface area contributed by atoms with E-state index in [1.54, 1.807) is 0 Å². The number of hydrogen-bond acceptors (Lipinski definition) is 5. The molecule has 0 radical (unpaired) electrons. The van der Waals surface area contributed by atoms with Gasteiger partial charge in [-0.05, 0) is 6.92 Å². The van der Waals surface area contributed by atoms with Gasteiger partial charge in [-0.1, -0.05) is 35.5 Å². The van der Waals surface area contributed by atoms with Crippen LogP contribution in [0.15, 0.2) is 34.9 Å². The highest BCUT2D eigenvalue weighted by Gasteiger charge is 2.44. The summed E-state index contributed by atoms with van der Waals surface area (Å²) in [5.41, 5.74) is 6.59. The van der Waals surface area contributed by atoms with E-state index in [9.17, 15) is 0 Å². The average Bonchev–Trinajstić information content (AvgIpc) is 3.00. The number of ether oxygens (including phenoxy) is 1. The lowest BCUT2D eigenvalue weighted by molar-refractivity contribution is 0.169. The van der Waals surface area contributed by atoms with Crippen LogP contribution in [0.5, 0.6) is 0 Å². The minimum Gasteiger partial charge on any atom is -0.379 e. The van der Waals surface area contributed by atoms with Crippen LogP contribution in [0.4, 0.5) is 0 Å². The first-order valence-corrected chi connectivity index (χ1v) is 5.93. The molecule has 1 aliphatic heterocycles. The van der Waals surface area contributed by atoms with Crippen molar-refractivity contribution in [1.29, 1.82) is 0 Å². The summed E-state index contributed by atoms with van der Waals surface area (Å²) < 4.78 is 10.7. The Hall–Kier alpha value is -1.72. The average molecular weight is 245 g/mol. The van der Waals surface area contributed by atoms with Gasteiger partial charge in [0.25, 0.3) is 0 Å². The maximum absolute atomic E-state index is 6.04. The summed E-state index contributed by atoms with van der Waals surface area (Å²) in [6.45, 7) is 3.04. The Morgan fingerprint density at radius 3 is 2.78 bits per heavy atom. The summed E-state index contributed by atoms with van der Waals surface area (Å²) in [6, 6.07) is 9.62. The molecule has 0 saturated carbocycles. The molecule has 1 aliphatic rings. The third-order valence-corrected chi connectivity index (χ3v) is 3.46. The first-order chi connectivity index (χ1) is 8.70. The Morgan fingerprint density at radius 1 is 1.33 bits per heavy atom. The van der Waals surface area contributed by atoms with Crippen molar-refractivity contribution in [3.05, 3.63) is 36.2 Å². The molecule has 2 atom stereocenters. The number of nitrogens with two attached hydrogens (primary N) is 1. The van der Waals surface area contributed by atoms with Crippen molar-refractivity contribution in [2.45, 2.75) is 18.4 Å². The minimum absolute atomic E-state index is 0.110. The Balaban J connectivity index is 1.95. The maximum Gasteiger partial charge on any atom is 0.236 e. The van der Waals surface area contributed by atoms with Crippen molar-refractivity contribution in [1.82, 2.24) is 10.1 Å². The molecule has 5 nitrogen and oxygen atoms in total. The largest absolute Gasteiger partial charge is 0.379 e. The van der Waals surface area contributed by atoms with Crippen LogP contribution in [0.1, 0.15) is 12.8 Å². The Labute approximate surface area is 105 Å². The second-order valence-electron chi connectivity index (χ2n) is 4.83. The number of hydrogen-bond donors (Lipinski definition) is 1. The summed E-state index contributed by atoms with van der Waals surface area (Å²) >= 11 is 0. The van der Waals surface area contributed by atoms with Crippen LogP contribution >= 0.6 is 0 Å². The number of aromatic nitrogens is 2. The molecule has 2 unspecified atom stereocenters. The van der Waals surface area contributed by atoms with Gasteiger partial charge in [0, 0.05) is 11.6 Å². The van der Waals surface area contributed by atoms with E-state index in [-0.39, 0.29) is 11.5 Å². The van der Waals surface area contributed by atoms with Crippen molar-refractivity contribution < 1.29 is 9.26 Å². The third kappa shape index (κ3) is 1.72. The number of nitrogens with zero attached hydrogens (tertiary/aromatic N) is 2. The van der Waals surface area contributed by atoms with Gasteiger partial charge in [-0.15, -0.1) is 0 Å². The quantitative estimate of drug-likeness (QED) is 0.864. The SMILES string of the molecule is CC1(c2nc(-c3ccccc3)no2)COCC1N. The van der Waals surface area contributed by atoms with Gasteiger partial charge in [-0.25, -0.2) is 0 Å². The molecule has 0 aliphatic carbocycles. The van der Waals surface area contributed by atoms with Crippen molar-refractivity contribution >= 4 is 0 Å². The van der Waals surface area contributed by atoms with Crippen LogP contribution in [-0.2, 0) is 10.2 Å². The molecule has 0 bridgehead atoms. The highest BCUT2D eigenvalue weighted by atomic mass is 16.5. The van der Waals surface area contributed by atoms with Crippen LogP contribution in [0.3, 0.4) is 0 Å². The van der Waals surface area contributed by atoms with Gasteiger partial charge < -0.3 is 15.0 Å². The van der Waals surface area contributed by atoms with Crippen molar-refractivity contribution in [3.8, 4) is 11.4 Å². The van der Waals surface area contributed by atoms with E-state index in [4.69, 9.17) is 15.0 Å². The highest BCUT2D eigenvalue weighted by Crippen LogP contribution is 2.31. The molecule has 2 heterocycles. The second kappa shape index (κ2) is 4.19. The monoisotopic (exact) mass is 245 g/mol. The molecule has 5 heteroatoms. The maximum atomic E-state index is 6.04. The van der Waals surface area contributed by atoms with Crippen molar-refractivity contribution in [2.24, 2.45) is 5.73 Å². The van der Waals surface area contributed by atoms with E-state index in [0.29, 0.717) is 24.9 Å². The molecular formula is C13H15N3O2. The van der Waals surface area contributed by atoms with Gasteiger partial charge in [0.15, 0.2) is 0 Å². The van der Waals surface area contributed by atoms with Crippen LogP contribution in [0.25, 0.3) is 11.4 Å². The van der Waals surface area contributed by atoms with Gasteiger partial charge in [-0.3, -0.25) is 0 Å². The van der Waals surface area contributed by atoms with Gasteiger partial charge in [0.05, 0.1) is 18.6 Å². The lowest BCUT2D eigenvalue weighted by Crippen LogP contribution is -2.42. The third-order valence-electron chi connectivity index (χ3n) is 3.46. The van der Waals surface area contributed by atoms with E-state index in [0.717, 1.165) is 5.56 Å². The minimum atomic E-state index is -0.389. The Morgan fingerprint density at radius 2 is 2.11 bits per heavy atom. The van der Waals surface area contributed by atoms with Gasteiger partial charge in [0.1, 0.15) is 0 Å². The molecule has 3 rings (SSSR count). The van der Waals surface area contributed by atoms with Crippen molar-refractivity contribution in [3.63, 3.8) is 0 Å². The molecule has 0 amide bonds. The summed E-state index contributed by atoms with van der Waals surface area (Å²) in [7, 11) is 0. The summed E-state index contributed by atoms with van der Waals surface area (Å²) in [5.74, 6) is 1.14. The lowest BCUT2D eigenvalue weighted by Gasteiger charge is -2.21. The molecule has 2 N–H and O–H groups in total. The fourth-order valence-electron chi connectivity index (χ4n) is 2.07. The fraction of sp³-hybridized carbons (Fsp3) is 0.385. The molecule has 1 saturated heterocycles. The van der Waals surface area contributed by atoms with Crippen LogP contribution in [0, 0.1) is 0 Å². The van der Waals surface area contributed by atoms with Gasteiger partial charge >= 0.3 is 0 Å². The molecule has 1 aromatic carbocycles. The van der Waals surface area contributed by atoms with E-state index in [1.165, 1.54) is 0 Å². The fourth-order valence-corrected chi connectivity index (χ4v) is 2.07. The number of benzene rings is 1. The number of rotatable bonds is 2. The van der Waals surface area contributed by atoms with Gasteiger partial charge in [-0.2, -0.15) is 4.98 Å². The van der Waals surface area contributed by atoms with E-state index in [1.807, 2.05) is 37.3 Å². The van der Waals surface area contributed by atoms with Crippen LogP contribution in [0.2, 0.25) is 0 Å². The Kier molecular flexibility index (Phi) is 2.65. The Bertz CT molecular complexity index is 540. The zero-order chi connectivity index (χ0) is 12.6. The molecule has 2 aromatic rings. The molecule has 1 fully saturated rings. The standard InChI is InChI=1S/C13H15N3O2/c1-13(8-17-7-10(13)14)12-15-11(16-18-12)9-5-3-2-4-6-9/h2-6,10H,7-8,14H2,1H3. The molecular weight excluding hydrogens is 230 g/mol. The smallest absolute Gasteiger partial charge is 0.236 e. The zero-order valence-electron chi connectivity index (χ0n) is 10.2. The van der Waals surface area contributed by atoms with Crippen molar-refractivity contribution in [2.75, 3.05) is 13.2 Å². The topological polar surface area (TPSA) is 74.2 Å². The van der Waals surface area contributed by atoms with Gasteiger partial charge in [0.2, 0.25) is 11.7 Å². The van der Waals surface area contributed by atoms with Crippen LogP contribution in [-0.4, -0.2) is 29.4 Å². The van der Waals surface area contributed by atoms with E-state index >= 15 is 0 Å².